The minimum atomic E-state index is -0.457. The molecule has 14 heavy (non-hydrogen) atoms. The molecule has 0 aromatic rings. The summed E-state index contributed by atoms with van der Waals surface area (Å²) in [6.07, 6.45) is 0.906. The summed E-state index contributed by atoms with van der Waals surface area (Å²) < 4.78 is 9.81. The quantitative estimate of drug-likeness (QED) is 0.378. The van der Waals surface area contributed by atoms with Crippen LogP contribution in [0.2, 0.25) is 0 Å². The number of hydrogen-bond donors (Lipinski definition) is 1. The molecule has 0 amide bonds. The molecule has 0 spiro atoms. The summed E-state index contributed by atoms with van der Waals surface area (Å²) in [5.41, 5.74) is 0.343. The molecule has 0 aliphatic carbocycles. The van der Waals surface area contributed by atoms with Gasteiger partial charge >= 0.3 is 5.97 Å². The first-order valence-electron chi connectivity index (χ1n) is 4.58. The van der Waals surface area contributed by atoms with Crippen molar-refractivity contribution in [2.24, 2.45) is 0 Å². The van der Waals surface area contributed by atoms with Crippen LogP contribution >= 0.6 is 0 Å². The van der Waals surface area contributed by atoms with Crippen LogP contribution in [0.4, 0.5) is 0 Å². The van der Waals surface area contributed by atoms with Crippen molar-refractivity contribution in [1.29, 1.82) is 0 Å². The first kappa shape index (κ1) is 13.1. The molecule has 4 heteroatoms. The van der Waals surface area contributed by atoms with E-state index >= 15 is 0 Å². The van der Waals surface area contributed by atoms with Crippen molar-refractivity contribution in [3.8, 4) is 0 Å². The number of hydrogen-bond acceptors (Lipinski definition) is 4. The van der Waals surface area contributed by atoms with E-state index in [1.54, 1.807) is 14.0 Å². The Hall–Kier alpha value is -0.870. The molecular weight excluding hydrogens is 184 g/mol. The third-order valence-electron chi connectivity index (χ3n) is 1.70. The van der Waals surface area contributed by atoms with Crippen LogP contribution in [-0.2, 0) is 14.3 Å². The smallest absolute Gasteiger partial charge is 0.333 e. The molecule has 0 aliphatic rings. The molecule has 0 aromatic carbocycles. The first-order chi connectivity index (χ1) is 6.61. The van der Waals surface area contributed by atoms with Crippen LogP contribution in [0.1, 0.15) is 19.8 Å². The molecular formula is C10H18O4. The van der Waals surface area contributed by atoms with Crippen molar-refractivity contribution in [1.82, 2.24) is 0 Å². The maximum atomic E-state index is 11.1. The highest BCUT2D eigenvalue weighted by molar-refractivity contribution is 5.87. The zero-order valence-corrected chi connectivity index (χ0v) is 8.78. The van der Waals surface area contributed by atoms with Crippen LogP contribution in [-0.4, -0.2) is 37.5 Å². The molecule has 0 aromatic heterocycles. The average Bonchev–Trinajstić information content (AvgIpc) is 2.16. The Bertz CT molecular complexity index is 189. The van der Waals surface area contributed by atoms with Gasteiger partial charge < -0.3 is 14.6 Å². The number of rotatable bonds is 7. The van der Waals surface area contributed by atoms with E-state index in [1.165, 1.54) is 0 Å². The zero-order chi connectivity index (χ0) is 11.0. The van der Waals surface area contributed by atoms with E-state index in [-0.39, 0.29) is 6.61 Å². The molecule has 0 aliphatic heterocycles. The topological polar surface area (TPSA) is 55.8 Å². The predicted molar refractivity (Wildman–Crippen MR) is 52.9 cm³/mol. The highest BCUT2D eigenvalue weighted by Crippen LogP contribution is 2.05. The summed E-state index contributed by atoms with van der Waals surface area (Å²) in [6, 6.07) is 0. The Kier molecular flexibility index (Phi) is 7.06. The minimum Gasteiger partial charge on any atom is -0.457 e. The van der Waals surface area contributed by atoms with Crippen molar-refractivity contribution < 1.29 is 19.4 Å². The predicted octanol–water partition coefficient (Wildman–Crippen LogP) is 0.893. The van der Waals surface area contributed by atoms with Crippen molar-refractivity contribution in [2.75, 3.05) is 20.3 Å². The van der Waals surface area contributed by atoms with Crippen LogP contribution < -0.4 is 0 Å². The van der Waals surface area contributed by atoms with Gasteiger partial charge in [-0.1, -0.05) is 6.58 Å². The lowest BCUT2D eigenvalue weighted by Crippen LogP contribution is -2.22. The molecule has 0 radical (unpaired) electrons. The standard InChI is InChI=1S/C10H18O4/c1-8(2)10(12)14-9(7-11)5-4-6-13-3/h9,11H,1,4-7H2,2-3H3. The number of aliphatic hydroxyl groups is 1. The molecule has 1 atom stereocenters. The summed E-state index contributed by atoms with van der Waals surface area (Å²) in [5.74, 6) is -0.457. The highest BCUT2D eigenvalue weighted by atomic mass is 16.6. The second-order valence-electron chi connectivity index (χ2n) is 3.13. The molecule has 1 unspecified atom stereocenters. The summed E-state index contributed by atoms with van der Waals surface area (Å²) in [7, 11) is 1.61. The van der Waals surface area contributed by atoms with Crippen molar-refractivity contribution >= 4 is 5.97 Å². The summed E-state index contributed by atoms with van der Waals surface area (Å²) in [5, 5.41) is 8.91. The molecule has 0 heterocycles. The SMILES string of the molecule is C=C(C)C(=O)OC(CO)CCCOC. The zero-order valence-electron chi connectivity index (χ0n) is 8.78. The number of esters is 1. The minimum absolute atomic E-state index is 0.164. The Morgan fingerprint density at radius 1 is 1.57 bits per heavy atom. The largest absolute Gasteiger partial charge is 0.457 e. The molecule has 0 rings (SSSR count). The Balaban J connectivity index is 3.78. The summed E-state index contributed by atoms with van der Waals surface area (Å²) >= 11 is 0. The molecule has 1 N–H and O–H groups in total. The van der Waals surface area contributed by atoms with Gasteiger partial charge in [-0.15, -0.1) is 0 Å². The van der Waals surface area contributed by atoms with Gasteiger partial charge in [-0.3, -0.25) is 0 Å². The lowest BCUT2D eigenvalue weighted by Gasteiger charge is -2.14. The second kappa shape index (κ2) is 7.53. The highest BCUT2D eigenvalue weighted by Gasteiger charge is 2.13. The number of carbonyl (C=O) groups is 1. The van der Waals surface area contributed by atoms with Crippen molar-refractivity contribution in [3.63, 3.8) is 0 Å². The molecule has 4 nitrogen and oxygen atoms in total. The molecule has 0 fully saturated rings. The van der Waals surface area contributed by atoms with E-state index < -0.39 is 12.1 Å². The van der Waals surface area contributed by atoms with Gasteiger partial charge in [-0.25, -0.2) is 4.79 Å². The Morgan fingerprint density at radius 2 is 2.21 bits per heavy atom. The van der Waals surface area contributed by atoms with E-state index in [0.29, 0.717) is 18.6 Å². The van der Waals surface area contributed by atoms with E-state index in [2.05, 4.69) is 6.58 Å². The van der Waals surface area contributed by atoms with Gasteiger partial charge in [-0.05, 0) is 19.8 Å². The Morgan fingerprint density at radius 3 is 2.64 bits per heavy atom. The third kappa shape index (κ3) is 5.72. The maximum Gasteiger partial charge on any atom is 0.333 e. The monoisotopic (exact) mass is 202 g/mol. The fourth-order valence-electron chi connectivity index (χ4n) is 0.895. The molecule has 0 saturated carbocycles. The lowest BCUT2D eigenvalue weighted by atomic mass is 10.2. The number of carbonyl (C=O) groups excluding carboxylic acids is 1. The number of ether oxygens (including phenoxy) is 2. The fraction of sp³-hybridized carbons (Fsp3) is 0.700. The van der Waals surface area contributed by atoms with Crippen molar-refractivity contribution in [3.05, 3.63) is 12.2 Å². The summed E-state index contributed by atoms with van der Waals surface area (Å²) in [6.45, 7) is 5.47. The van der Waals surface area contributed by atoms with Gasteiger partial charge in [0.25, 0.3) is 0 Å². The first-order valence-corrected chi connectivity index (χ1v) is 4.58. The number of methoxy groups -OCH3 is 1. The fourth-order valence-corrected chi connectivity index (χ4v) is 0.895. The van der Waals surface area contributed by atoms with Crippen LogP contribution in [0.3, 0.4) is 0 Å². The van der Waals surface area contributed by atoms with E-state index in [1.807, 2.05) is 0 Å². The molecule has 0 bridgehead atoms. The van der Waals surface area contributed by atoms with Crippen LogP contribution in [0.25, 0.3) is 0 Å². The summed E-state index contributed by atoms with van der Waals surface area (Å²) in [4.78, 5) is 11.1. The van der Waals surface area contributed by atoms with Gasteiger partial charge in [0.15, 0.2) is 0 Å². The van der Waals surface area contributed by atoms with Crippen LogP contribution in [0.5, 0.6) is 0 Å². The average molecular weight is 202 g/mol. The van der Waals surface area contributed by atoms with Crippen LogP contribution in [0, 0.1) is 0 Å². The third-order valence-corrected chi connectivity index (χ3v) is 1.70. The van der Waals surface area contributed by atoms with Gasteiger partial charge in [0.05, 0.1) is 6.61 Å². The van der Waals surface area contributed by atoms with Gasteiger partial charge in [0.1, 0.15) is 6.10 Å². The number of aliphatic hydroxyl groups excluding tert-OH is 1. The van der Waals surface area contributed by atoms with Gasteiger partial charge in [-0.2, -0.15) is 0 Å². The van der Waals surface area contributed by atoms with E-state index in [9.17, 15) is 4.79 Å². The second-order valence-corrected chi connectivity index (χ2v) is 3.13. The Labute approximate surface area is 84.5 Å². The maximum absolute atomic E-state index is 11.1. The van der Waals surface area contributed by atoms with E-state index in [0.717, 1.165) is 6.42 Å². The molecule has 0 saturated heterocycles. The lowest BCUT2D eigenvalue weighted by molar-refractivity contribution is -0.146. The van der Waals surface area contributed by atoms with E-state index in [4.69, 9.17) is 14.6 Å². The van der Waals surface area contributed by atoms with Crippen molar-refractivity contribution in [2.45, 2.75) is 25.9 Å². The van der Waals surface area contributed by atoms with Crippen LogP contribution in [0.15, 0.2) is 12.2 Å². The molecule has 82 valence electrons. The van der Waals surface area contributed by atoms with Gasteiger partial charge in [0.2, 0.25) is 0 Å². The normalized spacial score (nSPS) is 12.2. The van der Waals surface area contributed by atoms with Gasteiger partial charge in [0, 0.05) is 19.3 Å².